The summed E-state index contributed by atoms with van der Waals surface area (Å²) < 4.78 is 47.4. The zero-order valence-electron chi connectivity index (χ0n) is 17.6. The molecule has 0 radical (unpaired) electrons. The Morgan fingerprint density at radius 2 is 1.47 bits per heavy atom. The predicted molar refractivity (Wildman–Crippen MR) is 112 cm³/mol. The molecule has 1 N–H and O–H groups in total. The molecule has 4 rings (SSSR count). The van der Waals surface area contributed by atoms with E-state index in [0.29, 0.717) is 35.7 Å². The van der Waals surface area contributed by atoms with Crippen molar-refractivity contribution in [1.29, 1.82) is 0 Å². The van der Waals surface area contributed by atoms with E-state index < -0.39 is 17.4 Å². The number of hydrogen-bond acceptors (Lipinski definition) is 5. The van der Waals surface area contributed by atoms with Crippen molar-refractivity contribution < 1.29 is 27.8 Å². The van der Waals surface area contributed by atoms with Gasteiger partial charge < -0.3 is 19.5 Å². The number of alkyl halides is 3. The van der Waals surface area contributed by atoms with E-state index in [2.05, 4.69) is 14.6 Å². The minimum absolute atomic E-state index is 0.334. The Morgan fingerprint density at radius 1 is 0.906 bits per heavy atom. The van der Waals surface area contributed by atoms with Crippen molar-refractivity contribution in [2.75, 3.05) is 20.1 Å². The maximum atomic E-state index is 12.5. The van der Waals surface area contributed by atoms with Crippen LogP contribution in [-0.4, -0.2) is 41.5 Å². The number of nitrogens with zero attached hydrogens (tertiary/aromatic N) is 2. The van der Waals surface area contributed by atoms with E-state index in [9.17, 15) is 18.3 Å². The number of pyridine rings is 1. The van der Waals surface area contributed by atoms with Crippen LogP contribution in [0.3, 0.4) is 0 Å². The van der Waals surface area contributed by atoms with Crippen molar-refractivity contribution in [2.45, 2.75) is 18.9 Å². The summed E-state index contributed by atoms with van der Waals surface area (Å²) in [4.78, 5) is 6.09. The zero-order valence-corrected chi connectivity index (χ0v) is 17.6. The number of ether oxygens (including phenoxy) is 2. The lowest BCUT2D eigenvalue weighted by atomic mass is 9.62. The quantitative estimate of drug-likeness (QED) is 0.583. The van der Waals surface area contributed by atoms with E-state index in [1.54, 1.807) is 48.8 Å². The Hall–Kier alpha value is -3.10. The topological polar surface area (TPSA) is 54.8 Å². The highest BCUT2D eigenvalue weighted by molar-refractivity contribution is 5.44. The molecule has 1 atom stereocenters. The lowest BCUT2D eigenvalue weighted by Gasteiger charge is -2.56. The zero-order chi connectivity index (χ0) is 23.0. The van der Waals surface area contributed by atoms with E-state index in [0.717, 1.165) is 0 Å². The monoisotopic (exact) mass is 444 g/mol. The van der Waals surface area contributed by atoms with Gasteiger partial charge in [-0.25, -0.2) is 0 Å². The molecule has 5 nitrogen and oxygen atoms in total. The smallest absolute Gasteiger partial charge is 0.456 e. The van der Waals surface area contributed by atoms with E-state index in [4.69, 9.17) is 4.74 Å². The molecule has 1 aliphatic heterocycles. The van der Waals surface area contributed by atoms with E-state index in [1.807, 2.05) is 14.0 Å². The van der Waals surface area contributed by atoms with Crippen LogP contribution < -0.4 is 9.47 Å². The van der Waals surface area contributed by atoms with Crippen LogP contribution in [-0.2, 0) is 5.60 Å². The van der Waals surface area contributed by atoms with Crippen molar-refractivity contribution in [3.05, 3.63) is 84.2 Å². The summed E-state index contributed by atoms with van der Waals surface area (Å²) in [5.41, 5.74) is -0.858. The van der Waals surface area contributed by atoms with E-state index >= 15 is 0 Å². The van der Waals surface area contributed by atoms with Crippen molar-refractivity contribution in [3.8, 4) is 17.2 Å². The Balaban J connectivity index is 1.66. The van der Waals surface area contributed by atoms with Crippen LogP contribution in [0.5, 0.6) is 17.2 Å². The van der Waals surface area contributed by atoms with Gasteiger partial charge in [0.15, 0.2) is 0 Å². The molecule has 0 unspecified atom stereocenters. The molecule has 1 saturated heterocycles. The fourth-order valence-corrected chi connectivity index (χ4v) is 4.44. The second kappa shape index (κ2) is 8.11. The van der Waals surface area contributed by atoms with Crippen molar-refractivity contribution >= 4 is 0 Å². The molecule has 3 aromatic rings. The highest BCUT2D eigenvalue weighted by atomic mass is 19.4. The molecule has 1 fully saturated rings. The van der Waals surface area contributed by atoms with Crippen molar-refractivity contribution in [2.24, 2.45) is 5.41 Å². The number of aliphatic hydroxyl groups is 1. The predicted octanol–water partition coefficient (Wildman–Crippen LogP) is 4.96. The van der Waals surface area contributed by atoms with Crippen LogP contribution in [0.4, 0.5) is 13.2 Å². The first-order chi connectivity index (χ1) is 15.1. The first kappa shape index (κ1) is 22.1. The van der Waals surface area contributed by atoms with Gasteiger partial charge in [-0.1, -0.05) is 31.2 Å². The van der Waals surface area contributed by atoms with Gasteiger partial charge in [0, 0.05) is 24.7 Å². The number of rotatable bonds is 6. The van der Waals surface area contributed by atoms with Gasteiger partial charge in [0.1, 0.15) is 22.8 Å². The number of hydrogen-bond donors (Lipinski definition) is 1. The Labute approximate surface area is 184 Å². The molecule has 0 spiro atoms. The Morgan fingerprint density at radius 3 is 1.94 bits per heavy atom. The number of halogens is 3. The van der Waals surface area contributed by atoms with Gasteiger partial charge in [0.25, 0.3) is 0 Å². The summed E-state index contributed by atoms with van der Waals surface area (Å²) in [5, 5.41) is 12.0. The molecule has 0 bridgehead atoms. The van der Waals surface area contributed by atoms with Crippen LogP contribution in [0.1, 0.15) is 18.1 Å². The lowest BCUT2D eigenvalue weighted by Crippen LogP contribution is -2.63. The van der Waals surface area contributed by atoms with Gasteiger partial charge in [-0.3, -0.25) is 4.98 Å². The SMILES string of the molecule is CN1CC(C)([C@](O)(c2ccc(Oc3cccnc3)cc2)c2ccc(OC(F)(F)F)cc2)C1. The maximum Gasteiger partial charge on any atom is 0.573 e. The molecule has 168 valence electrons. The summed E-state index contributed by atoms with van der Waals surface area (Å²) in [6.45, 7) is 3.21. The van der Waals surface area contributed by atoms with Crippen molar-refractivity contribution in [3.63, 3.8) is 0 Å². The highest BCUT2D eigenvalue weighted by Gasteiger charge is 2.55. The summed E-state index contributed by atoms with van der Waals surface area (Å²) in [6.07, 6.45) is -1.53. The van der Waals surface area contributed by atoms with Gasteiger partial charge in [0.05, 0.1) is 6.20 Å². The molecule has 32 heavy (non-hydrogen) atoms. The fraction of sp³-hybridized carbons (Fsp3) is 0.292. The van der Waals surface area contributed by atoms with Crippen LogP contribution in [0.15, 0.2) is 73.1 Å². The standard InChI is InChI=1S/C24H23F3N2O3/c1-22(15-29(2)16-22)23(30,18-7-11-20(12-8-18)32-24(25,26)27)17-5-9-19(10-6-17)31-21-4-3-13-28-14-21/h3-14,30H,15-16H2,1-2H3/t23-/m0/s1. The Kier molecular flexibility index (Phi) is 5.60. The molecule has 0 aliphatic carbocycles. The van der Waals surface area contributed by atoms with Crippen LogP contribution in [0, 0.1) is 5.41 Å². The molecule has 1 aromatic heterocycles. The van der Waals surface area contributed by atoms with Gasteiger partial charge in [-0.05, 0) is 54.6 Å². The highest BCUT2D eigenvalue weighted by Crippen LogP contribution is 2.50. The second-order valence-corrected chi connectivity index (χ2v) is 8.33. The molecule has 1 aliphatic rings. The summed E-state index contributed by atoms with van der Waals surface area (Å²) in [5.74, 6) is 0.831. The fourth-order valence-electron chi connectivity index (χ4n) is 4.44. The molecule has 2 heterocycles. The number of likely N-dealkylation sites (tertiary alicyclic amines) is 1. The third-order valence-corrected chi connectivity index (χ3v) is 5.76. The van der Waals surface area contributed by atoms with Crippen LogP contribution >= 0.6 is 0 Å². The normalized spacial score (nSPS) is 17.8. The average Bonchev–Trinajstić information content (AvgIpc) is 2.73. The summed E-state index contributed by atoms with van der Waals surface area (Å²) >= 11 is 0. The van der Waals surface area contributed by atoms with Crippen LogP contribution in [0.25, 0.3) is 0 Å². The van der Waals surface area contributed by atoms with Gasteiger partial charge >= 0.3 is 6.36 Å². The molecular formula is C24H23F3N2O3. The summed E-state index contributed by atoms with van der Waals surface area (Å²) in [6, 6.07) is 16.0. The van der Waals surface area contributed by atoms with Crippen LogP contribution in [0.2, 0.25) is 0 Å². The Bertz CT molecular complexity index is 1050. The summed E-state index contributed by atoms with van der Waals surface area (Å²) in [7, 11) is 1.95. The van der Waals surface area contributed by atoms with E-state index in [1.165, 1.54) is 24.3 Å². The van der Waals surface area contributed by atoms with Gasteiger partial charge in [-0.2, -0.15) is 0 Å². The first-order valence-corrected chi connectivity index (χ1v) is 10.0. The molecule has 8 heteroatoms. The first-order valence-electron chi connectivity index (χ1n) is 10.0. The molecule has 2 aromatic carbocycles. The third-order valence-electron chi connectivity index (χ3n) is 5.76. The number of aromatic nitrogens is 1. The average molecular weight is 444 g/mol. The minimum atomic E-state index is -4.77. The largest absolute Gasteiger partial charge is 0.573 e. The van der Waals surface area contributed by atoms with Gasteiger partial charge in [0.2, 0.25) is 0 Å². The minimum Gasteiger partial charge on any atom is -0.456 e. The van der Waals surface area contributed by atoms with E-state index in [-0.39, 0.29) is 5.75 Å². The number of benzene rings is 2. The third kappa shape index (κ3) is 4.28. The van der Waals surface area contributed by atoms with Gasteiger partial charge in [-0.15, -0.1) is 13.2 Å². The molecular weight excluding hydrogens is 421 g/mol. The molecule has 0 amide bonds. The molecule has 0 saturated carbocycles. The lowest BCUT2D eigenvalue weighted by molar-refractivity contribution is -0.274. The second-order valence-electron chi connectivity index (χ2n) is 8.33. The van der Waals surface area contributed by atoms with Crippen molar-refractivity contribution in [1.82, 2.24) is 9.88 Å². The maximum absolute atomic E-state index is 12.5.